The van der Waals surface area contributed by atoms with Crippen molar-refractivity contribution in [3.8, 4) is 0 Å². The minimum Gasteiger partial charge on any atom is -0.256 e. The van der Waals surface area contributed by atoms with E-state index >= 15 is 0 Å². The largest absolute Gasteiger partial charge is 0.279 e. The van der Waals surface area contributed by atoms with Gasteiger partial charge < -0.3 is 0 Å². The molecule has 1 aromatic carbocycles. The lowest BCUT2D eigenvalue weighted by molar-refractivity contribution is 0.465. The number of nitrogens with one attached hydrogen (secondary N) is 1. The summed E-state index contributed by atoms with van der Waals surface area (Å²) in [6, 6.07) is 7.80. The molecule has 1 fully saturated rings. The fourth-order valence-corrected chi connectivity index (χ4v) is 3.98. The van der Waals surface area contributed by atoms with Crippen molar-refractivity contribution in [1.82, 2.24) is 14.0 Å². The topological polar surface area (TPSA) is 62.3 Å². The highest BCUT2D eigenvalue weighted by molar-refractivity contribution is 7.87. The molecule has 0 unspecified atom stereocenters. The van der Waals surface area contributed by atoms with Gasteiger partial charge in [-0.1, -0.05) is 18.2 Å². The van der Waals surface area contributed by atoms with Crippen LogP contribution in [-0.4, -0.2) is 30.8 Å². The molecular formula is C15H19N3O2S. The fourth-order valence-electron chi connectivity index (χ4n) is 2.72. The molecule has 21 heavy (non-hydrogen) atoms. The summed E-state index contributed by atoms with van der Waals surface area (Å²) in [6.07, 6.45) is 3.64. The van der Waals surface area contributed by atoms with E-state index in [2.05, 4.69) is 9.71 Å². The van der Waals surface area contributed by atoms with Crippen LogP contribution >= 0.6 is 0 Å². The molecule has 0 atom stereocenters. The highest BCUT2D eigenvalue weighted by Crippen LogP contribution is 2.20. The number of fused-ring (bicyclic) bond motifs is 1. The van der Waals surface area contributed by atoms with Crippen LogP contribution in [0, 0.1) is 6.92 Å². The first-order chi connectivity index (χ1) is 10.1. The molecule has 1 N–H and O–H groups in total. The summed E-state index contributed by atoms with van der Waals surface area (Å²) in [5.74, 6) is 0. The van der Waals surface area contributed by atoms with E-state index in [0.29, 0.717) is 19.6 Å². The maximum Gasteiger partial charge on any atom is 0.279 e. The van der Waals surface area contributed by atoms with Gasteiger partial charge in [-0.05, 0) is 37.0 Å². The predicted octanol–water partition coefficient (Wildman–Crippen LogP) is 1.97. The van der Waals surface area contributed by atoms with Crippen molar-refractivity contribution >= 4 is 21.1 Å². The van der Waals surface area contributed by atoms with Crippen LogP contribution in [0.3, 0.4) is 0 Å². The number of aryl methyl sites for hydroxylation is 1. The monoisotopic (exact) mass is 305 g/mol. The van der Waals surface area contributed by atoms with Gasteiger partial charge in [0.1, 0.15) is 0 Å². The first-order valence-corrected chi connectivity index (χ1v) is 8.60. The standard InChI is InChI=1S/C15H19N3O2S/c1-12-6-7-13(14-5-4-8-16-15(12)14)11-17-21(19,20)18-9-2-3-10-18/h4-8,17H,2-3,9-11H2,1H3. The van der Waals surface area contributed by atoms with Gasteiger partial charge in [-0.25, -0.2) is 0 Å². The number of benzene rings is 1. The van der Waals surface area contributed by atoms with E-state index in [0.717, 1.165) is 34.9 Å². The summed E-state index contributed by atoms with van der Waals surface area (Å²) < 4.78 is 28.6. The average molecular weight is 305 g/mol. The van der Waals surface area contributed by atoms with Crippen LogP contribution in [0.5, 0.6) is 0 Å². The van der Waals surface area contributed by atoms with E-state index < -0.39 is 10.2 Å². The molecule has 2 heterocycles. The maximum atomic E-state index is 12.2. The van der Waals surface area contributed by atoms with Crippen LogP contribution in [-0.2, 0) is 16.8 Å². The van der Waals surface area contributed by atoms with Crippen molar-refractivity contribution in [1.29, 1.82) is 0 Å². The van der Waals surface area contributed by atoms with E-state index in [-0.39, 0.29) is 0 Å². The third kappa shape index (κ3) is 2.92. The Labute approximate surface area is 125 Å². The molecule has 5 nitrogen and oxygen atoms in total. The molecule has 6 heteroatoms. The molecule has 0 radical (unpaired) electrons. The lowest BCUT2D eigenvalue weighted by Gasteiger charge is -2.16. The number of hydrogen-bond acceptors (Lipinski definition) is 3. The molecule has 0 aliphatic carbocycles. The van der Waals surface area contributed by atoms with Gasteiger partial charge in [0.15, 0.2) is 0 Å². The minimum absolute atomic E-state index is 0.293. The second-order valence-corrected chi connectivity index (χ2v) is 7.13. The summed E-state index contributed by atoms with van der Waals surface area (Å²) in [6.45, 7) is 3.53. The molecule has 112 valence electrons. The summed E-state index contributed by atoms with van der Waals surface area (Å²) in [7, 11) is -3.37. The summed E-state index contributed by atoms with van der Waals surface area (Å²) >= 11 is 0. The van der Waals surface area contributed by atoms with Crippen LogP contribution in [0.25, 0.3) is 10.9 Å². The lowest BCUT2D eigenvalue weighted by atomic mass is 10.1. The Hall–Kier alpha value is -1.50. The zero-order valence-electron chi connectivity index (χ0n) is 12.0. The molecule has 2 aromatic rings. The number of pyridine rings is 1. The molecular weight excluding hydrogens is 286 g/mol. The van der Waals surface area contributed by atoms with Crippen LogP contribution in [0.2, 0.25) is 0 Å². The predicted molar refractivity (Wildman–Crippen MR) is 83.0 cm³/mol. The molecule has 3 rings (SSSR count). The van der Waals surface area contributed by atoms with E-state index in [1.54, 1.807) is 6.20 Å². The van der Waals surface area contributed by atoms with Crippen molar-refractivity contribution in [2.75, 3.05) is 13.1 Å². The van der Waals surface area contributed by atoms with E-state index in [1.165, 1.54) is 4.31 Å². The van der Waals surface area contributed by atoms with Gasteiger partial charge in [0, 0.05) is 31.2 Å². The van der Waals surface area contributed by atoms with Gasteiger partial charge in [0.2, 0.25) is 0 Å². The van der Waals surface area contributed by atoms with Crippen molar-refractivity contribution in [3.63, 3.8) is 0 Å². The van der Waals surface area contributed by atoms with Gasteiger partial charge in [-0.2, -0.15) is 17.4 Å². The van der Waals surface area contributed by atoms with Crippen LogP contribution in [0.1, 0.15) is 24.0 Å². The lowest BCUT2D eigenvalue weighted by Crippen LogP contribution is -2.38. The molecule has 1 aliphatic rings. The number of rotatable bonds is 4. The van der Waals surface area contributed by atoms with Crippen molar-refractivity contribution in [2.24, 2.45) is 0 Å². The van der Waals surface area contributed by atoms with E-state index in [9.17, 15) is 8.42 Å². The van der Waals surface area contributed by atoms with Gasteiger partial charge >= 0.3 is 0 Å². The summed E-state index contributed by atoms with van der Waals surface area (Å²) in [5.41, 5.74) is 2.97. The van der Waals surface area contributed by atoms with Gasteiger partial charge in [0.25, 0.3) is 10.2 Å². The zero-order chi connectivity index (χ0) is 14.9. The zero-order valence-corrected chi connectivity index (χ0v) is 12.9. The first-order valence-electron chi connectivity index (χ1n) is 7.16. The second kappa shape index (κ2) is 5.71. The van der Waals surface area contributed by atoms with Crippen molar-refractivity contribution in [3.05, 3.63) is 41.6 Å². The minimum atomic E-state index is -3.37. The summed E-state index contributed by atoms with van der Waals surface area (Å²) in [5, 5.41) is 1.00. The smallest absolute Gasteiger partial charge is 0.256 e. The Morgan fingerprint density at radius 2 is 2.00 bits per heavy atom. The SMILES string of the molecule is Cc1ccc(CNS(=O)(=O)N2CCCC2)c2cccnc12. The maximum absolute atomic E-state index is 12.2. The van der Waals surface area contributed by atoms with Gasteiger partial charge in [0.05, 0.1) is 5.52 Å². The van der Waals surface area contributed by atoms with Crippen molar-refractivity contribution < 1.29 is 8.42 Å². The average Bonchev–Trinajstić information content (AvgIpc) is 3.02. The molecule has 0 amide bonds. The first kappa shape index (κ1) is 14.4. The molecule has 0 bridgehead atoms. The Bertz CT molecular complexity index is 753. The quantitative estimate of drug-likeness (QED) is 0.939. The Balaban J connectivity index is 1.84. The molecule has 1 aromatic heterocycles. The Morgan fingerprint density at radius 3 is 2.76 bits per heavy atom. The fraction of sp³-hybridized carbons (Fsp3) is 0.400. The van der Waals surface area contributed by atoms with Crippen LogP contribution in [0.15, 0.2) is 30.5 Å². The highest BCUT2D eigenvalue weighted by atomic mass is 32.2. The molecule has 1 aliphatic heterocycles. The molecule has 1 saturated heterocycles. The van der Waals surface area contributed by atoms with Crippen LogP contribution < -0.4 is 4.72 Å². The Kier molecular flexibility index (Phi) is 3.93. The second-order valence-electron chi connectivity index (χ2n) is 5.37. The van der Waals surface area contributed by atoms with E-state index in [4.69, 9.17) is 0 Å². The van der Waals surface area contributed by atoms with Crippen LogP contribution in [0.4, 0.5) is 0 Å². The highest BCUT2D eigenvalue weighted by Gasteiger charge is 2.24. The van der Waals surface area contributed by atoms with Gasteiger partial charge in [-0.3, -0.25) is 4.98 Å². The van der Waals surface area contributed by atoms with E-state index in [1.807, 2.05) is 31.2 Å². The Morgan fingerprint density at radius 1 is 1.24 bits per heavy atom. The number of nitrogens with zero attached hydrogens (tertiary/aromatic N) is 2. The van der Waals surface area contributed by atoms with Crippen molar-refractivity contribution in [2.45, 2.75) is 26.3 Å². The third-order valence-electron chi connectivity index (χ3n) is 3.91. The number of hydrogen-bond donors (Lipinski definition) is 1. The number of aromatic nitrogens is 1. The molecule has 0 spiro atoms. The third-order valence-corrected chi connectivity index (χ3v) is 5.47. The molecule has 0 saturated carbocycles. The van der Waals surface area contributed by atoms with Gasteiger partial charge in [-0.15, -0.1) is 0 Å². The summed E-state index contributed by atoms with van der Waals surface area (Å²) in [4.78, 5) is 4.38. The normalized spacial score (nSPS) is 16.6.